The van der Waals surface area contributed by atoms with E-state index in [4.69, 9.17) is 0 Å². The number of carbonyl (C=O) groups excluding carboxylic acids is 1. The molecule has 0 spiro atoms. The molecule has 0 N–H and O–H groups in total. The lowest BCUT2D eigenvalue weighted by Gasteiger charge is -2.31. The van der Waals surface area contributed by atoms with Crippen LogP contribution in [0.2, 0.25) is 0 Å². The number of hydrogen-bond donors (Lipinski definition) is 0. The Bertz CT molecular complexity index is 468. The molecule has 1 aromatic heterocycles. The van der Waals surface area contributed by atoms with Crippen LogP contribution in [0.1, 0.15) is 56.9 Å². The van der Waals surface area contributed by atoms with E-state index in [1.807, 2.05) is 4.90 Å². The van der Waals surface area contributed by atoms with E-state index in [0.717, 1.165) is 44.8 Å². The topological polar surface area (TPSA) is 49.3 Å². The fraction of sp³-hybridized carbons (Fsp3) is 0.706. The Hall–Kier alpha value is -1.65. The third kappa shape index (κ3) is 4.18. The van der Waals surface area contributed by atoms with Crippen LogP contribution >= 0.6 is 0 Å². The maximum Gasteiger partial charge on any atom is 0.274 e. The lowest BCUT2D eigenvalue weighted by molar-refractivity contribution is 0.0749. The summed E-state index contributed by atoms with van der Waals surface area (Å²) >= 11 is 0. The predicted molar refractivity (Wildman–Crippen MR) is 89.1 cm³/mol. The third-order valence-electron chi connectivity index (χ3n) is 4.11. The summed E-state index contributed by atoms with van der Waals surface area (Å²) in [4.78, 5) is 25.5. The Balaban J connectivity index is 2.05. The smallest absolute Gasteiger partial charge is 0.274 e. The molecule has 1 unspecified atom stereocenters. The van der Waals surface area contributed by atoms with Gasteiger partial charge in [0.2, 0.25) is 0 Å². The summed E-state index contributed by atoms with van der Waals surface area (Å²) in [7, 11) is 0. The number of carbonyl (C=O) groups is 1. The highest BCUT2D eigenvalue weighted by Gasteiger charge is 2.20. The van der Waals surface area contributed by atoms with Gasteiger partial charge >= 0.3 is 0 Å². The van der Waals surface area contributed by atoms with E-state index < -0.39 is 0 Å². The predicted octanol–water partition coefficient (Wildman–Crippen LogP) is 2.98. The first-order chi connectivity index (χ1) is 10.7. The maximum atomic E-state index is 12.5. The van der Waals surface area contributed by atoms with Gasteiger partial charge in [0.15, 0.2) is 0 Å². The number of hydrogen-bond acceptors (Lipinski definition) is 4. The summed E-state index contributed by atoms with van der Waals surface area (Å²) < 4.78 is 0. The molecule has 1 fully saturated rings. The molecular weight excluding hydrogens is 276 g/mol. The maximum absolute atomic E-state index is 12.5. The Morgan fingerprint density at radius 1 is 1.27 bits per heavy atom. The highest BCUT2D eigenvalue weighted by atomic mass is 16.2. The Morgan fingerprint density at radius 3 is 2.55 bits per heavy atom. The molecule has 0 aromatic carbocycles. The van der Waals surface area contributed by atoms with Crippen LogP contribution in [0.15, 0.2) is 12.4 Å². The first kappa shape index (κ1) is 16.7. The zero-order chi connectivity index (χ0) is 15.9. The zero-order valence-electron chi connectivity index (χ0n) is 14.1. The Kier molecular flexibility index (Phi) is 6.16. The van der Waals surface area contributed by atoms with Crippen molar-refractivity contribution in [3.05, 3.63) is 18.1 Å². The van der Waals surface area contributed by atoms with Gasteiger partial charge in [-0.2, -0.15) is 0 Å². The van der Waals surface area contributed by atoms with Gasteiger partial charge in [0.25, 0.3) is 5.91 Å². The first-order valence-corrected chi connectivity index (χ1v) is 8.52. The van der Waals surface area contributed by atoms with E-state index in [0.29, 0.717) is 11.6 Å². The summed E-state index contributed by atoms with van der Waals surface area (Å²) in [6, 6.07) is 0. The molecule has 2 heterocycles. The second-order valence-electron chi connectivity index (χ2n) is 6.25. The molecule has 1 amide bonds. The average Bonchev–Trinajstić information content (AvgIpc) is 2.54. The number of nitrogens with zero attached hydrogens (tertiary/aromatic N) is 4. The van der Waals surface area contributed by atoms with Crippen molar-refractivity contribution in [2.75, 3.05) is 31.1 Å². The van der Waals surface area contributed by atoms with Crippen LogP contribution < -0.4 is 4.90 Å². The Labute approximate surface area is 133 Å². The van der Waals surface area contributed by atoms with Gasteiger partial charge in [-0.05, 0) is 31.6 Å². The molecule has 0 radical (unpaired) electrons. The number of amides is 1. The van der Waals surface area contributed by atoms with Crippen molar-refractivity contribution in [2.45, 2.75) is 46.5 Å². The van der Waals surface area contributed by atoms with Gasteiger partial charge in [0, 0.05) is 26.2 Å². The number of rotatable bonds is 6. The first-order valence-electron chi connectivity index (χ1n) is 8.52. The fourth-order valence-corrected chi connectivity index (χ4v) is 3.01. The lowest BCUT2D eigenvalue weighted by atomic mass is 10.0. The summed E-state index contributed by atoms with van der Waals surface area (Å²) in [5, 5.41) is 0. The Morgan fingerprint density at radius 2 is 2.00 bits per heavy atom. The highest BCUT2D eigenvalue weighted by molar-refractivity contribution is 5.92. The molecule has 0 bridgehead atoms. The SMILES string of the molecule is CCCN(CCC)C(=O)c1cnc(N2CCCC(C)C2)cn1. The molecular formula is C17H28N4O. The van der Waals surface area contributed by atoms with Crippen LogP contribution in [0.25, 0.3) is 0 Å². The van der Waals surface area contributed by atoms with Gasteiger partial charge in [0.05, 0.1) is 12.4 Å². The van der Waals surface area contributed by atoms with E-state index in [1.165, 1.54) is 12.8 Å². The summed E-state index contributed by atoms with van der Waals surface area (Å²) in [5.41, 5.74) is 0.454. The monoisotopic (exact) mass is 304 g/mol. The van der Waals surface area contributed by atoms with Gasteiger partial charge in [0.1, 0.15) is 11.5 Å². The zero-order valence-corrected chi connectivity index (χ0v) is 14.1. The van der Waals surface area contributed by atoms with Crippen LogP contribution in [0.3, 0.4) is 0 Å². The van der Waals surface area contributed by atoms with Crippen molar-refractivity contribution >= 4 is 11.7 Å². The van der Waals surface area contributed by atoms with Crippen LogP contribution in [0, 0.1) is 5.92 Å². The van der Waals surface area contributed by atoms with Crippen LogP contribution in [0.5, 0.6) is 0 Å². The molecule has 0 aliphatic carbocycles. The average molecular weight is 304 g/mol. The molecule has 0 saturated carbocycles. The van der Waals surface area contributed by atoms with Gasteiger partial charge in [-0.1, -0.05) is 20.8 Å². The third-order valence-corrected chi connectivity index (χ3v) is 4.11. The van der Waals surface area contributed by atoms with Crippen molar-refractivity contribution in [1.82, 2.24) is 14.9 Å². The number of anilines is 1. The van der Waals surface area contributed by atoms with Crippen LogP contribution in [0.4, 0.5) is 5.82 Å². The number of piperidine rings is 1. The molecule has 2 rings (SSSR count). The summed E-state index contributed by atoms with van der Waals surface area (Å²) in [6.45, 7) is 10.1. The highest BCUT2D eigenvalue weighted by Crippen LogP contribution is 2.20. The number of aromatic nitrogens is 2. The van der Waals surface area contributed by atoms with Crippen molar-refractivity contribution < 1.29 is 4.79 Å². The van der Waals surface area contributed by atoms with E-state index >= 15 is 0 Å². The standard InChI is InChI=1S/C17H28N4O/c1-4-8-20(9-5-2)17(22)15-11-19-16(12-18-15)21-10-6-7-14(3)13-21/h11-12,14H,4-10,13H2,1-3H3. The minimum absolute atomic E-state index is 0.00485. The van der Waals surface area contributed by atoms with Crippen molar-refractivity contribution in [3.8, 4) is 0 Å². The minimum atomic E-state index is -0.00485. The van der Waals surface area contributed by atoms with E-state index in [-0.39, 0.29) is 5.91 Å². The molecule has 1 atom stereocenters. The molecule has 1 aliphatic rings. The molecule has 1 saturated heterocycles. The minimum Gasteiger partial charge on any atom is -0.355 e. The van der Waals surface area contributed by atoms with E-state index in [9.17, 15) is 4.79 Å². The fourth-order valence-electron chi connectivity index (χ4n) is 3.01. The molecule has 122 valence electrons. The quantitative estimate of drug-likeness (QED) is 0.810. The van der Waals surface area contributed by atoms with Gasteiger partial charge in [-0.3, -0.25) is 4.79 Å². The normalized spacial score (nSPS) is 18.3. The summed E-state index contributed by atoms with van der Waals surface area (Å²) in [6.07, 6.45) is 7.79. The largest absolute Gasteiger partial charge is 0.355 e. The van der Waals surface area contributed by atoms with Crippen LogP contribution in [-0.4, -0.2) is 47.0 Å². The molecule has 1 aliphatic heterocycles. The molecule has 5 nitrogen and oxygen atoms in total. The van der Waals surface area contributed by atoms with Gasteiger partial charge in [-0.25, -0.2) is 9.97 Å². The lowest BCUT2D eigenvalue weighted by Crippen LogP contribution is -2.35. The van der Waals surface area contributed by atoms with Crippen LogP contribution in [-0.2, 0) is 0 Å². The summed E-state index contributed by atoms with van der Waals surface area (Å²) in [5.74, 6) is 1.58. The van der Waals surface area contributed by atoms with E-state index in [1.54, 1.807) is 12.4 Å². The van der Waals surface area contributed by atoms with Gasteiger partial charge in [-0.15, -0.1) is 0 Å². The van der Waals surface area contributed by atoms with Crippen molar-refractivity contribution in [3.63, 3.8) is 0 Å². The van der Waals surface area contributed by atoms with Gasteiger partial charge < -0.3 is 9.80 Å². The second kappa shape index (κ2) is 8.11. The van der Waals surface area contributed by atoms with Crippen molar-refractivity contribution in [1.29, 1.82) is 0 Å². The molecule has 1 aromatic rings. The second-order valence-corrected chi connectivity index (χ2v) is 6.25. The van der Waals surface area contributed by atoms with E-state index in [2.05, 4.69) is 35.6 Å². The molecule has 22 heavy (non-hydrogen) atoms. The van der Waals surface area contributed by atoms with Crippen molar-refractivity contribution in [2.24, 2.45) is 5.92 Å². The molecule has 5 heteroatoms.